The van der Waals surface area contributed by atoms with Crippen molar-refractivity contribution in [2.24, 2.45) is 0 Å². The van der Waals surface area contributed by atoms with E-state index in [1.807, 2.05) is 0 Å². The molecule has 2 aromatic carbocycles. The zero-order valence-electron chi connectivity index (χ0n) is 14.3. The van der Waals surface area contributed by atoms with E-state index in [4.69, 9.17) is 10.8 Å². The van der Waals surface area contributed by atoms with Gasteiger partial charge in [-0.2, -0.15) is 0 Å². The number of anilines is 3. The molecule has 0 saturated carbocycles. The Morgan fingerprint density at radius 3 is 2.39 bits per heavy atom. The number of halogens is 1. The highest BCUT2D eigenvalue weighted by atomic mass is 79.9. The lowest BCUT2D eigenvalue weighted by Gasteiger charge is -2.09. The Kier molecular flexibility index (Phi) is 6.17. The van der Waals surface area contributed by atoms with Crippen molar-refractivity contribution in [1.82, 2.24) is 4.98 Å². The maximum atomic E-state index is 12.4. The van der Waals surface area contributed by atoms with Crippen LogP contribution in [0.25, 0.3) is 0 Å². The molecule has 2 amide bonds. The number of hydrogen-bond acceptors (Lipinski definition) is 5. The number of benzene rings is 2. The number of carbonyl (C=O) groups is 2. The lowest BCUT2D eigenvalue weighted by atomic mass is 10.2. The molecular weight excluding hydrogens is 444 g/mol. The third kappa shape index (κ3) is 5.24. The second-order valence-corrected chi connectivity index (χ2v) is 7.66. The summed E-state index contributed by atoms with van der Waals surface area (Å²) >= 11 is 4.71. The summed E-state index contributed by atoms with van der Waals surface area (Å²) in [5.41, 5.74) is 7.48. The number of carbonyl (C=O) groups excluding carboxylic acids is 1. The van der Waals surface area contributed by atoms with Gasteiger partial charge in [-0.25, -0.2) is 9.78 Å². The Bertz CT molecular complexity index is 1010. The van der Waals surface area contributed by atoms with E-state index in [2.05, 4.69) is 31.5 Å². The number of nitrogens with zero attached hydrogens (tertiary/aromatic N) is 1. The van der Waals surface area contributed by atoms with Gasteiger partial charge in [0.1, 0.15) is 5.82 Å². The molecule has 142 valence electrons. The number of pyridine rings is 1. The number of hydrogen-bond donors (Lipinski definition) is 4. The van der Waals surface area contributed by atoms with Gasteiger partial charge in [0.25, 0.3) is 5.91 Å². The number of nitrogens with one attached hydrogen (secondary N) is 2. The lowest BCUT2D eigenvalue weighted by Crippen LogP contribution is -2.13. The van der Waals surface area contributed by atoms with E-state index in [0.29, 0.717) is 22.8 Å². The molecule has 1 heterocycles. The Morgan fingerprint density at radius 1 is 1.04 bits per heavy atom. The first kappa shape index (κ1) is 19.7. The van der Waals surface area contributed by atoms with Crippen LogP contribution in [0.3, 0.4) is 0 Å². The molecule has 0 unspecified atom stereocenters. The first-order valence-electron chi connectivity index (χ1n) is 8.01. The zero-order chi connectivity index (χ0) is 20.1. The molecule has 9 heteroatoms. The van der Waals surface area contributed by atoms with Crippen LogP contribution in [0.15, 0.2) is 75.1 Å². The fourth-order valence-electron chi connectivity index (χ4n) is 2.28. The van der Waals surface area contributed by atoms with Crippen LogP contribution in [0.4, 0.5) is 22.0 Å². The number of nitrogen functional groups attached to an aromatic ring is 1. The molecule has 0 radical (unpaired) electrons. The van der Waals surface area contributed by atoms with Crippen LogP contribution >= 0.6 is 27.7 Å². The number of carboxylic acid groups (broad SMARTS) is 1. The Labute approximate surface area is 173 Å². The molecule has 0 aliphatic heterocycles. The Balaban J connectivity index is 1.68. The summed E-state index contributed by atoms with van der Waals surface area (Å²) < 4.78 is 0.822. The summed E-state index contributed by atoms with van der Waals surface area (Å²) in [4.78, 5) is 28.8. The van der Waals surface area contributed by atoms with Crippen molar-refractivity contribution >= 4 is 56.9 Å². The van der Waals surface area contributed by atoms with Gasteiger partial charge in [0, 0.05) is 37.4 Å². The number of aromatic nitrogens is 1. The summed E-state index contributed by atoms with van der Waals surface area (Å²) in [6.07, 6.45) is 0.484. The Morgan fingerprint density at radius 2 is 1.79 bits per heavy atom. The molecule has 28 heavy (non-hydrogen) atoms. The third-order valence-electron chi connectivity index (χ3n) is 3.57. The second kappa shape index (κ2) is 8.77. The molecule has 5 N–H and O–H groups in total. The molecule has 0 atom stereocenters. The molecule has 0 fully saturated rings. The van der Waals surface area contributed by atoms with Crippen LogP contribution in [0.1, 0.15) is 10.4 Å². The smallest absolute Gasteiger partial charge is 0.409 e. The van der Waals surface area contributed by atoms with E-state index in [-0.39, 0.29) is 5.91 Å². The molecular formula is C19H15BrN4O3S. The monoisotopic (exact) mass is 458 g/mol. The third-order valence-corrected chi connectivity index (χ3v) is 5.14. The minimum absolute atomic E-state index is 0.304. The average molecular weight is 459 g/mol. The van der Waals surface area contributed by atoms with Gasteiger partial charge < -0.3 is 16.2 Å². The fourth-order valence-corrected chi connectivity index (χ4v) is 3.35. The number of rotatable bonds is 5. The zero-order valence-corrected chi connectivity index (χ0v) is 16.8. The largest absolute Gasteiger partial charge is 0.465 e. The van der Waals surface area contributed by atoms with Crippen LogP contribution in [0, 0.1) is 0 Å². The quantitative estimate of drug-likeness (QED) is 0.403. The van der Waals surface area contributed by atoms with E-state index in [1.54, 1.807) is 60.8 Å². The highest BCUT2D eigenvalue weighted by molar-refractivity contribution is 9.10. The molecule has 3 aromatic rings. The molecule has 0 saturated heterocycles. The van der Waals surface area contributed by atoms with E-state index < -0.39 is 6.09 Å². The van der Waals surface area contributed by atoms with Crippen molar-refractivity contribution in [2.75, 3.05) is 16.4 Å². The van der Waals surface area contributed by atoms with E-state index in [9.17, 15) is 9.59 Å². The molecule has 3 rings (SSSR count). The van der Waals surface area contributed by atoms with Crippen molar-refractivity contribution < 1.29 is 14.7 Å². The van der Waals surface area contributed by atoms with Crippen molar-refractivity contribution in [2.45, 2.75) is 9.79 Å². The van der Waals surface area contributed by atoms with E-state index >= 15 is 0 Å². The van der Waals surface area contributed by atoms with Crippen LogP contribution in [0.2, 0.25) is 0 Å². The topological polar surface area (TPSA) is 117 Å². The summed E-state index contributed by atoms with van der Waals surface area (Å²) in [5, 5.41) is 13.7. The molecule has 7 nitrogen and oxygen atoms in total. The van der Waals surface area contributed by atoms with Crippen molar-refractivity contribution in [3.63, 3.8) is 0 Å². The van der Waals surface area contributed by atoms with Gasteiger partial charge in [-0.05, 0) is 70.5 Å². The summed E-state index contributed by atoms with van der Waals surface area (Å²) in [6.45, 7) is 0. The van der Waals surface area contributed by atoms with Gasteiger partial charge in [-0.1, -0.05) is 11.8 Å². The summed E-state index contributed by atoms with van der Waals surface area (Å²) in [6, 6.07) is 15.5. The Hall–Kier alpha value is -3.04. The van der Waals surface area contributed by atoms with Crippen LogP contribution in [-0.2, 0) is 0 Å². The number of amides is 2. The van der Waals surface area contributed by atoms with Gasteiger partial charge in [-0.15, -0.1) is 0 Å². The minimum Gasteiger partial charge on any atom is -0.465 e. The SMILES string of the molecule is Nc1cc(C(=O)Nc2ccc(Br)cn2)ccc1Sc1ccc(NC(=O)O)cc1. The van der Waals surface area contributed by atoms with Gasteiger partial charge in [0.2, 0.25) is 0 Å². The van der Waals surface area contributed by atoms with Gasteiger partial charge in [-0.3, -0.25) is 10.1 Å². The van der Waals surface area contributed by atoms with Crippen LogP contribution in [0.5, 0.6) is 0 Å². The van der Waals surface area contributed by atoms with Gasteiger partial charge in [0.05, 0.1) is 0 Å². The highest BCUT2D eigenvalue weighted by Crippen LogP contribution is 2.33. The summed E-state index contributed by atoms with van der Waals surface area (Å²) in [5.74, 6) is 0.141. The van der Waals surface area contributed by atoms with E-state index in [0.717, 1.165) is 14.3 Å². The normalized spacial score (nSPS) is 10.3. The molecule has 1 aromatic heterocycles. The van der Waals surface area contributed by atoms with Gasteiger partial charge in [0.15, 0.2) is 0 Å². The highest BCUT2D eigenvalue weighted by Gasteiger charge is 2.10. The maximum Gasteiger partial charge on any atom is 0.409 e. The standard InChI is InChI=1S/C19H15BrN4O3S/c20-12-2-8-17(22-10-12)24-18(25)11-1-7-16(15(21)9-11)28-14-5-3-13(4-6-14)23-19(26)27/h1-10,23H,21H2,(H,26,27)(H,22,24,25). The predicted molar refractivity (Wildman–Crippen MR) is 113 cm³/mol. The van der Waals surface area contributed by atoms with Gasteiger partial charge >= 0.3 is 6.09 Å². The number of nitrogens with two attached hydrogens (primary N) is 1. The molecule has 0 aliphatic carbocycles. The molecule has 0 bridgehead atoms. The first-order chi connectivity index (χ1) is 13.4. The predicted octanol–water partition coefficient (Wildman–Crippen LogP) is 4.92. The average Bonchev–Trinajstić information content (AvgIpc) is 2.66. The first-order valence-corrected chi connectivity index (χ1v) is 9.62. The fraction of sp³-hybridized carbons (Fsp3) is 0. The van der Waals surface area contributed by atoms with E-state index in [1.165, 1.54) is 11.8 Å². The van der Waals surface area contributed by atoms with Crippen molar-refractivity contribution in [1.29, 1.82) is 0 Å². The van der Waals surface area contributed by atoms with Crippen LogP contribution < -0.4 is 16.4 Å². The van der Waals surface area contributed by atoms with Crippen LogP contribution in [-0.4, -0.2) is 22.1 Å². The van der Waals surface area contributed by atoms with Crippen molar-refractivity contribution in [3.8, 4) is 0 Å². The molecule has 0 aliphatic rings. The second-order valence-electron chi connectivity index (χ2n) is 5.62. The minimum atomic E-state index is -1.11. The maximum absolute atomic E-state index is 12.4. The summed E-state index contributed by atoms with van der Waals surface area (Å²) in [7, 11) is 0. The van der Waals surface area contributed by atoms with Crippen molar-refractivity contribution in [3.05, 3.63) is 70.8 Å². The molecule has 0 spiro atoms. The lowest BCUT2D eigenvalue weighted by molar-refractivity contribution is 0.102.